The second kappa shape index (κ2) is 16.4. The lowest BCUT2D eigenvalue weighted by Gasteiger charge is -2.18. The predicted molar refractivity (Wildman–Crippen MR) is 166 cm³/mol. The molecule has 3 amide bonds. The Morgan fingerprint density at radius 2 is 1.87 bits per heavy atom. The summed E-state index contributed by atoms with van der Waals surface area (Å²) in [5.74, 6) is -3.15. The molecular weight excluding hydrogens is 616 g/mol. The van der Waals surface area contributed by atoms with E-state index in [9.17, 15) is 32.8 Å². The fourth-order valence-electron chi connectivity index (χ4n) is 5.19. The molecule has 2 fully saturated rings. The maximum Gasteiger partial charge on any atom is 0.330 e. The Morgan fingerprint density at radius 1 is 1.11 bits per heavy atom. The van der Waals surface area contributed by atoms with Gasteiger partial charge < -0.3 is 29.8 Å². The molecule has 0 bridgehead atoms. The zero-order valence-electron chi connectivity index (χ0n) is 26.1. The summed E-state index contributed by atoms with van der Waals surface area (Å²) in [6.07, 6.45) is 8.81. The van der Waals surface area contributed by atoms with E-state index in [0.717, 1.165) is 47.9 Å². The largest absolute Gasteiger partial charge is 0.459 e. The van der Waals surface area contributed by atoms with Crippen molar-refractivity contribution in [3.63, 3.8) is 0 Å². The minimum Gasteiger partial charge on any atom is -0.459 e. The summed E-state index contributed by atoms with van der Waals surface area (Å²) in [7, 11) is 0. The second-order valence-corrected chi connectivity index (χ2v) is 11.4. The van der Waals surface area contributed by atoms with E-state index >= 15 is 0 Å². The molecule has 47 heavy (non-hydrogen) atoms. The normalized spacial score (nSPS) is 16.7. The Balaban J connectivity index is 0.000000479. The number of halogens is 2. The van der Waals surface area contributed by atoms with Crippen LogP contribution in [0.2, 0.25) is 0 Å². The Hall–Kier alpha value is -5.14. The first-order valence-electron chi connectivity index (χ1n) is 15.3. The number of nitrogens with zero attached hydrogens (tertiary/aromatic N) is 2. The molecule has 2 atom stereocenters. The van der Waals surface area contributed by atoms with E-state index in [1.54, 1.807) is 13.8 Å². The molecule has 0 radical (unpaired) electrons. The zero-order chi connectivity index (χ0) is 33.9. The summed E-state index contributed by atoms with van der Waals surface area (Å²) in [5, 5.41) is 11.7. The standard InChI is InChI=1S/C26H31N5O7.C7H6F2/c1-16-13-21(30-38-16)25(35)29-20-7-4-12-31(26(20)36)15-22(32)28-18(14-17-10-11-27-24(17)34)8-9-23(33)37-19-5-2-3-6-19;1-5-2-3-6(8)7(9)4-5/h4,7-9,12-13,17-19H,2-3,5-6,10-11,14-15H2,1H3,(H,27,34)(H,28,32)(H,29,35);2-4H,1H3/b9-8+;/t17?,18-;/m1./s1. The van der Waals surface area contributed by atoms with E-state index < -0.39 is 41.0 Å². The van der Waals surface area contributed by atoms with Crippen LogP contribution in [0, 0.1) is 31.4 Å². The van der Waals surface area contributed by atoms with Crippen molar-refractivity contribution < 1.29 is 37.2 Å². The number of carbonyl (C=O) groups is 4. The fourth-order valence-corrected chi connectivity index (χ4v) is 5.19. The van der Waals surface area contributed by atoms with Gasteiger partial charge >= 0.3 is 5.97 Å². The molecule has 5 rings (SSSR count). The van der Waals surface area contributed by atoms with Gasteiger partial charge in [-0.05, 0) is 82.2 Å². The summed E-state index contributed by atoms with van der Waals surface area (Å²) in [6.45, 7) is 3.57. The summed E-state index contributed by atoms with van der Waals surface area (Å²) in [4.78, 5) is 62.5. The van der Waals surface area contributed by atoms with Crippen LogP contribution >= 0.6 is 0 Å². The summed E-state index contributed by atoms with van der Waals surface area (Å²) in [5.41, 5.74) is 0.138. The molecule has 12 nitrogen and oxygen atoms in total. The third kappa shape index (κ3) is 10.4. The van der Waals surface area contributed by atoms with Gasteiger partial charge in [-0.15, -0.1) is 0 Å². The number of amides is 3. The van der Waals surface area contributed by atoms with Crippen molar-refractivity contribution in [2.75, 3.05) is 11.9 Å². The third-order valence-corrected chi connectivity index (χ3v) is 7.62. The van der Waals surface area contributed by atoms with Crippen LogP contribution in [0.4, 0.5) is 14.5 Å². The smallest absolute Gasteiger partial charge is 0.330 e. The molecule has 0 spiro atoms. The van der Waals surface area contributed by atoms with Gasteiger partial charge in [-0.3, -0.25) is 19.2 Å². The molecule has 1 aliphatic carbocycles. The van der Waals surface area contributed by atoms with Crippen LogP contribution in [0.5, 0.6) is 0 Å². The summed E-state index contributed by atoms with van der Waals surface area (Å²) in [6, 6.07) is 7.56. The van der Waals surface area contributed by atoms with E-state index in [0.29, 0.717) is 25.1 Å². The zero-order valence-corrected chi connectivity index (χ0v) is 26.1. The number of hydrogen-bond donors (Lipinski definition) is 3. The van der Waals surface area contributed by atoms with Gasteiger partial charge in [-0.2, -0.15) is 0 Å². The molecule has 1 aliphatic heterocycles. The average Bonchev–Trinajstić information content (AvgIpc) is 3.80. The molecule has 3 heterocycles. The molecule has 1 saturated carbocycles. The first-order valence-corrected chi connectivity index (χ1v) is 15.3. The van der Waals surface area contributed by atoms with Crippen molar-refractivity contribution in [1.29, 1.82) is 0 Å². The molecule has 3 aromatic rings. The van der Waals surface area contributed by atoms with Crippen molar-refractivity contribution in [2.45, 2.75) is 71.1 Å². The number of carbonyl (C=O) groups excluding carboxylic acids is 4. The number of esters is 1. The van der Waals surface area contributed by atoms with Gasteiger partial charge in [-0.1, -0.05) is 17.3 Å². The molecule has 250 valence electrons. The van der Waals surface area contributed by atoms with Gasteiger partial charge in [0.2, 0.25) is 11.8 Å². The first kappa shape index (κ1) is 34.7. The predicted octanol–water partition coefficient (Wildman–Crippen LogP) is 3.72. The molecule has 2 aromatic heterocycles. The Labute approximate surface area is 269 Å². The topological polar surface area (TPSA) is 162 Å². The lowest BCUT2D eigenvalue weighted by molar-refractivity contribution is -0.142. The number of hydrogen-bond acceptors (Lipinski definition) is 8. The van der Waals surface area contributed by atoms with Crippen LogP contribution in [-0.2, 0) is 25.7 Å². The minimum absolute atomic E-state index is 0.0204. The van der Waals surface area contributed by atoms with E-state index in [2.05, 4.69) is 21.1 Å². The monoisotopic (exact) mass is 653 g/mol. The molecule has 1 saturated heterocycles. The molecule has 14 heteroatoms. The van der Waals surface area contributed by atoms with Gasteiger partial charge in [0.15, 0.2) is 17.3 Å². The maximum absolute atomic E-state index is 12.9. The van der Waals surface area contributed by atoms with E-state index in [1.807, 2.05) is 0 Å². The minimum atomic E-state index is -0.791. The number of aromatic nitrogens is 2. The van der Waals surface area contributed by atoms with E-state index in [-0.39, 0.29) is 35.9 Å². The summed E-state index contributed by atoms with van der Waals surface area (Å²) < 4.78 is 35.8. The van der Waals surface area contributed by atoms with Crippen molar-refractivity contribution in [2.24, 2.45) is 5.92 Å². The van der Waals surface area contributed by atoms with Crippen LogP contribution in [0.1, 0.15) is 60.3 Å². The Bertz CT molecular complexity index is 1680. The quantitative estimate of drug-likeness (QED) is 0.220. The molecule has 2 aliphatic rings. The van der Waals surface area contributed by atoms with Crippen molar-refractivity contribution in [1.82, 2.24) is 20.4 Å². The van der Waals surface area contributed by atoms with Crippen LogP contribution in [0.15, 0.2) is 64.1 Å². The number of ether oxygens (including phenoxy) is 1. The number of aryl methyl sites for hydroxylation is 2. The van der Waals surface area contributed by atoms with Crippen LogP contribution in [0.25, 0.3) is 0 Å². The highest BCUT2D eigenvalue weighted by atomic mass is 19.2. The molecule has 1 aromatic carbocycles. The van der Waals surface area contributed by atoms with Gasteiger partial charge in [0.1, 0.15) is 24.1 Å². The van der Waals surface area contributed by atoms with E-state index in [1.165, 1.54) is 42.6 Å². The van der Waals surface area contributed by atoms with Crippen molar-refractivity contribution in [3.8, 4) is 0 Å². The summed E-state index contributed by atoms with van der Waals surface area (Å²) >= 11 is 0. The highest BCUT2D eigenvalue weighted by Gasteiger charge is 2.27. The number of anilines is 1. The van der Waals surface area contributed by atoms with Gasteiger partial charge in [-0.25, -0.2) is 13.6 Å². The third-order valence-electron chi connectivity index (χ3n) is 7.62. The van der Waals surface area contributed by atoms with E-state index in [4.69, 9.17) is 9.26 Å². The number of pyridine rings is 1. The van der Waals surface area contributed by atoms with Crippen LogP contribution in [-0.4, -0.2) is 52.1 Å². The van der Waals surface area contributed by atoms with Crippen molar-refractivity contribution in [3.05, 3.63) is 93.8 Å². The van der Waals surface area contributed by atoms with Gasteiger partial charge in [0, 0.05) is 36.8 Å². The lowest BCUT2D eigenvalue weighted by atomic mass is 9.98. The molecule has 3 N–H and O–H groups in total. The number of rotatable bonds is 10. The Morgan fingerprint density at radius 3 is 2.51 bits per heavy atom. The molecular formula is C33H37F2N5O7. The highest BCUT2D eigenvalue weighted by Crippen LogP contribution is 2.21. The van der Waals surface area contributed by atoms with Crippen LogP contribution in [0.3, 0.4) is 0 Å². The van der Waals surface area contributed by atoms with Gasteiger partial charge in [0.25, 0.3) is 11.5 Å². The maximum atomic E-state index is 12.9. The SMILES string of the molecule is Cc1cc(C(=O)Nc2cccn(CC(=O)N[C@H](/C=C/C(=O)OC3CCCC3)CC3CCNC3=O)c2=O)no1.Cc1ccc(F)c(F)c1. The lowest BCUT2D eigenvalue weighted by Crippen LogP contribution is -2.40. The second-order valence-electron chi connectivity index (χ2n) is 11.4. The van der Waals surface area contributed by atoms with Gasteiger partial charge in [0.05, 0.1) is 0 Å². The fraction of sp³-hybridized carbons (Fsp3) is 0.394. The van der Waals surface area contributed by atoms with Crippen LogP contribution < -0.4 is 21.5 Å². The first-order chi connectivity index (χ1) is 22.5. The molecule has 1 unspecified atom stereocenters. The van der Waals surface area contributed by atoms with Crippen molar-refractivity contribution >= 4 is 29.4 Å². The number of nitrogens with one attached hydrogen (secondary N) is 3. The number of benzene rings is 1. The Kier molecular flexibility index (Phi) is 12.1. The highest BCUT2D eigenvalue weighted by molar-refractivity contribution is 6.02. The average molecular weight is 654 g/mol.